The highest BCUT2D eigenvalue weighted by Crippen LogP contribution is 2.16. The van der Waals surface area contributed by atoms with Gasteiger partial charge in [-0.15, -0.1) is 0 Å². The van der Waals surface area contributed by atoms with E-state index in [0.717, 1.165) is 70.6 Å². The first-order chi connectivity index (χ1) is 27.5. The molecule has 0 spiro atoms. The maximum Gasteiger partial charge on any atom is 0.306 e. The number of unbranched alkanes of at least 4 members (excludes halogenated alkanes) is 30. The van der Waals surface area contributed by atoms with Crippen LogP contribution in [0.3, 0.4) is 0 Å². The third kappa shape index (κ3) is 43.0. The Morgan fingerprint density at radius 2 is 0.643 bits per heavy atom. The van der Waals surface area contributed by atoms with Crippen molar-refractivity contribution in [2.75, 3.05) is 13.2 Å². The zero-order chi connectivity index (χ0) is 40.8. The number of hydrogen-bond acceptors (Lipinski definition) is 6. The van der Waals surface area contributed by atoms with E-state index < -0.39 is 6.10 Å². The highest BCUT2D eigenvalue weighted by Gasteiger charge is 2.19. The number of carbonyl (C=O) groups excluding carboxylic acids is 3. The SMILES string of the molecule is CCCC/C=C\C=C/CCCCCC(=O)OCC(COC(=O)CCCCCCCCCCCCCCCCC)OC(=O)CCCCCCCCCCCCCC. The molecule has 0 N–H and O–H groups in total. The molecule has 0 radical (unpaired) electrons. The fourth-order valence-electron chi connectivity index (χ4n) is 7.01. The summed E-state index contributed by atoms with van der Waals surface area (Å²) in [5.74, 6) is -0.895. The van der Waals surface area contributed by atoms with Gasteiger partial charge in [-0.2, -0.15) is 0 Å². The molecule has 0 aliphatic heterocycles. The summed E-state index contributed by atoms with van der Waals surface area (Å²) in [6.45, 7) is 6.57. The monoisotopic (exact) mass is 789 g/mol. The van der Waals surface area contributed by atoms with Gasteiger partial charge in [0.05, 0.1) is 0 Å². The molecule has 0 amide bonds. The molecule has 0 saturated carbocycles. The topological polar surface area (TPSA) is 78.9 Å². The van der Waals surface area contributed by atoms with E-state index in [2.05, 4.69) is 45.1 Å². The molecule has 1 unspecified atom stereocenters. The summed E-state index contributed by atoms with van der Waals surface area (Å²) < 4.78 is 16.7. The number of ether oxygens (including phenoxy) is 3. The predicted molar refractivity (Wildman–Crippen MR) is 238 cm³/mol. The molecule has 0 aliphatic carbocycles. The average molecular weight is 789 g/mol. The minimum atomic E-state index is -0.774. The molecule has 0 aromatic rings. The van der Waals surface area contributed by atoms with Gasteiger partial charge >= 0.3 is 17.9 Å². The van der Waals surface area contributed by atoms with Gasteiger partial charge in [0.1, 0.15) is 13.2 Å². The van der Waals surface area contributed by atoms with Crippen molar-refractivity contribution in [2.24, 2.45) is 0 Å². The average Bonchev–Trinajstić information content (AvgIpc) is 3.19. The van der Waals surface area contributed by atoms with Crippen LogP contribution in [0.2, 0.25) is 0 Å². The Hall–Kier alpha value is -2.11. The Kier molecular flexibility index (Phi) is 43.9. The van der Waals surface area contributed by atoms with E-state index >= 15 is 0 Å². The van der Waals surface area contributed by atoms with Gasteiger partial charge in [0.2, 0.25) is 0 Å². The quantitative estimate of drug-likeness (QED) is 0.0265. The van der Waals surface area contributed by atoms with E-state index in [4.69, 9.17) is 14.2 Å². The van der Waals surface area contributed by atoms with Crippen molar-refractivity contribution in [2.45, 2.75) is 264 Å². The molecule has 6 nitrogen and oxygen atoms in total. The summed E-state index contributed by atoms with van der Waals surface area (Å²) in [6.07, 6.45) is 50.2. The van der Waals surface area contributed by atoms with E-state index in [-0.39, 0.29) is 31.1 Å². The second-order valence-corrected chi connectivity index (χ2v) is 16.4. The molecule has 56 heavy (non-hydrogen) atoms. The van der Waals surface area contributed by atoms with Gasteiger partial charge in [-0.25, -0.2) is 0 Å². The molecule has 0 aromatic heterocycles. The van der Waals surface area contributed by atoms with Crippen molar-refractivity contribution in [1.82, 2.24) is 0 Å². The van der Waals surface area contributed by atoms with Gasteiger partial charge in [-0.1, -0.05) is 225 Å². The zero-order valence-corrected chi connectivity index (χ0v) is 37.4. The van der Waals surface area contributed by atoms with Gasteiger partial charge in [0, 0.05) is 19.3 Å². The molecular weight excluding hydrogens is 697 g/mol. The maximum atomic E-state index is 12.7. The van der Waals surface area contributed by atoms with Crippen LogP contribution in [-0.4, -0.2) is 37.2 Å². The summed E-state index contributed by atoms with van der Waals surface area (Å²) in [4.78, 5) is 37.8. The Morgan fingerprint density at radius 3 is 1.00 bits per heavy atom. The van der Waals surface area contributed by atoms with Gasteiger partial charge in [-0.3, -0.25) is 14.4 Å². The van der Waals surface area contributed by atoms with Gasteiger partial charge in [0.25, 0.3) is 0 Å². The highest BCUT2D eigenvalue weighted by atomic mass is 16.6. The molecule has 0 aromatic carbocycles. The third-order valence-corrected chi connectivity index (χ3v) is 10.7. The van der Waals surface area contributed by atoms with Crippen LogP contribution in [0.4, 0.5) is 0 Å². The lowest BCUT2D eigenvalue weighted by atomic mass is 10.0. The molecule has 0 heterocycles. The molecule has 1 atom stereocenters. The smallest absolute Gasteiger partial charge is 0.306 e. The first-order valence-electron chi connectivity index (χ1n) is 24.4. The summed E-state index contributed by atoms with van der Waals surface area (Å²) in [7, 11) is 0. The Morgan fingerprint density at radius 1 is 0.357 bits per heavy atom. The number of rotatable bonds is 44. The lowest BCUT2D eigenvalue weighted by Crippen LogP contribution is -2.30. The first-order valence-corrected chi connectivity index (χ1v) is 24.4. The van der Waals surface area contributed by atoms with Crippen LogP contribution in [0.5, 0.6) is 0 Å². The normalized spacial score (nSPS) is 12.1. The Balaban J connectivity index is 4.34. The Bertz CT molecular complexity index is 911. The molecule has 0 rings (SSSR count). The summed E-state index contributed by atoms with van der Waals surface area (Å²) in [6, 6.07) is 0. The minimum absolute atomic E-state index is 0.0751. The predicted octanol–water partition coefficient (Wildman–Crippen LogP) is 15.6. The zero-order valence-electron chi connectivity index (χ0n) is 37.4. The van der Waals surface area contributed by atoms with Crippen molar-refractivity contribution < 1.29 is 28.6 Å². The van der Waals surface area contributed by atoms with Crippen molar-refractivity contribution >= 4 is 17.9 Å². The number of carbonyl (C=O) groups is 3. The van der Waals surface area contributed by atoms with Crippen molar-refractivity contribution in [3.63, 3.8) is 0 Å². The molecule has 0 aliphatic rings. The first kappa shape index (κ1) is 53.9. The summed E-state index contributed by atoms with van der Waals surface area (Å²) in [5, 5.41) is 0. The molecule has 6 heteroatoms. The standard InChI is InChI=1S/C50H92O6/c1-4-7-10-13-16-19-22-24-25-26-29-31-34-37-40-43-49(52)55-46-47(45-54-48(51)42-39-36-33-30-27-21-18-15-12-9-6-3)56-50(53)44-41-38-35-32-28-23-20-17-14-11-8-5-2/h15,18,21,27,47H,4-14,16-17,19-20,22-26,28-46H2,1-3H3/b18-15-,27-21-. The molecular formula is C50H92O6. The summed E-state index contributed by atoms with van der Waals surface area (Å²) in [5.41, 5.74) is 0. The molecule has 0 saturated heterocycles. The number of esters is 3. The van der Waals surface area contributed by atoms with E-state index in [1.165, 1.54) is 148 Å². The van der Waals surface area contributed by atoms with Crippen molar-refractivity contribution in [3.8, 4) is 0 Å². The van der Waals surface area contributed by atoms with Crippen LogP contribution in [0.25, 0.3) is 0 Å². The number of hydrogen-bond donors (Lipinski definition) is 0. The third-order valence-electron chi connectivity index (χ3n) is 10.7. The fourth-order valence-corrected chi connectivity index (χ4v) is 7.01. The van der Waals surface area contributed by atoms with E-state index in [1.807, 2.05) is 0 Å². The maximum absolute atomic E-state index is 12.7. The molecule has 328 valence electrons. The molecule has 0 bridgehead atoms. The van der Waals surface area contributed by atoms with Crippen LogP contribution >= 0.6 is 0 Å². The number of allylic oxidation sites excluding steroid dienone is 4. The minimum Gasteiger partial charge on any atom is -0.462 e. The van der Waals surface area contributed by atoms with Crippen LogP contribution in [0.1, 0.15) is 258 Å². The van der Waals surface area contributed by atoms with Crippen molar-refractivity contribution in [1.29, 1.82) is 0 Å². The van der Waals surface area contributed by atoms with Crippen LogP contribution in [0, 0.1) is 0 Å². The second kappa shape index (κ2) is 45.6. The molecule has 0 fully saturated rings. The lowest BCUT2D eigenvalue weighted by Gasteiger charge is -2.18. The summed E-state index contributed by atoms with van der Waals surface area (Å²) >= 11 is 0. The van der Waals surface area contributed by atoms with Gasteiger partial charge in [0.15, 0.2) is 6.10 Å². The largest absolute Gasteiger partial charge is 0.462 e. The fraction of sp³-hybridized carbons (Fsp3) is 0.860. The van der Waals surface area contributed by atoms with Crippen molar-refractivity contribution in [3.05, 3.63) is 24.3 Å². The van der Waals surface area contributed by atoms with Gasteiger partial charge in [-0.05, 0) is 38.5 Å². The van der Waals surface area contributed by atoms with Crippen LogP contribution in [-0.2, 0) is 28.6 Å². The lowest BCUT2D eigenvalue weighted by molar-refractivity contribution is -0.167. The van der Waals surface area contributed by atoms with E-state index in [9.17, 15) is 14.4 Å². The second-order valence-electron chi connectivity index (χ2n) is 16.4. The highest BCUT2D eigenvalue weighted by molar-refractivity contribution is 5.71. The Labute approximate surface area is 347 Å². The van der Waals surface area contributed by atoms with Gasteiger partial charge < -0.3 is 14.2 Å². The van der Waals surface area contributed by atoms with Crippen LogP contribution < -0.4 is 0 Å². The van der Waals surface area contributed by atoms with Crippen LogP contribution in [0.15, 0.2) is 24.3 Å². The van der Waals surface area contributed by atoms with E-state index in [0.29, 0.717) is 19.3 Å². The van der Waals surface area contributed by atoms with E-state index in [1.54, 1.807) is 0 Å².